The van der Waals surface area contributed by atoms with Crippen molar-refractivity contribution in [2.24, 2.45) is 0 Å². The molecule has 0 aliphatic carbocycles. The average Bonchev–Trinajstić information content (AvgIpc) is 2.47. The summed E-state index contributed by atoms with van der Waals surface area (Å²) in [7, 11) is 0. The number of phenols is 1. The maximum atomic E-state index is 12.2. The lowest BCUT2D eigenvalue weighted by atomic mass is 10.1. The number of nitrogens with one attached hydrogen (secondary N) is 1. The fraction of sp³-hybridized carbons (Fsp3) is 0.467. The van der Waals surface area contributed by atoms with Gasteiger partial charge in [0.1, 0.15) is 11.8 Å². The Bertz CT molecular complexity index is 496. The fourth-order valence-electron chi connectivity index (χ4n) is 2.39. The molecule has 1 aliphatic heterocycles. The van der Waals surface area contributed by atoms with Crippen molar-refractivity contribution in [2.75, 3.05) is 13.1 Å². The number of carbonyl (C=O) groups excluding carboxylic acids is 2. The van der Waals surface area contributed by atoms with Gasteiger partial charge >= 0.3 is 0 Å². The molecule has 0 saturated carbocycles. The lowest BCUT2D eigenvalue weighted by Gasteiger charge is -2.29. The number of likely N-dealkylation sites (tertiary alicyclic amines) is 1. The highest BCUT2D eigenvalue weighted by atomic mass is 16.3. The number of para-hydroxylation sites is 1. The normalized spacial score (nSPS) is 16.6. The molecule has 1 aromatic rings. The molecule has 1 atom stereocenters. The van der Waals surface area contributed by atoms with Crippen molar-refractivity contribution in [2.45, 2.75) is 32.2 Å². The molecule has 2 N–H and O–H groups in total. The van der Waals surface area contributed by atoms with Gasteiger partial charge in [-0.1, -0.05) is 12.1 Å². The summed E-state index contributed by atoms with van der Waals surface area (Å²) in [4.78, 5) is 26.0. The molecule has 5 heteroatoms. The number of piperidine rings is 1. The lowest BCUT2D eigenvalue weighted by Crippen LogP contribution is -2.48. The van der Waals surface area contributed by atoms with Gasteiger partial charge in [-0.3, -0.25) is 9.59 Å². The van der Waals surface area contributed by atoms with E-state index in [2.05, 4.69) is 5.32 Å². The largest absolute Gasteiger partial charge is 0.507 e. The Balaban J connectivity index is 1.97. The number of nitrogens with zero attached hydrogens (tertiary/aromatic N) is 1. The molecule has 0 aromatic heterocycles. The smallest absolute Gasteiger partial charge is 0.255 e. The molecule has 1 fully saturated rings. The van der Waals surface area contributed by atoms with Gasteiger partial charge in [0, 0.05) is 13.1 Å². The van der Waals surface area contributed by atoms with E-state index in [-0.39, 0.29) is 17.2 Å². The Morgan fingerprint density at radius 2 is 1.85 bits per heavy atom. The first-order valence-corrected chi connectivity index (χ1v) is 6.97. The topological polar surface area (TPSA) is 69.6 Å². The minimum atomic E-state index is -0.583. The van der Waals surface area contributed by atoms with E-state index in [9.17, 15) is 14.7 Å². The summed E-state index contributed by atoms with van der Waals surface area (Å²) in [5.74, 6) is -0.572. The van der Waals surface area contributed by atoms with Crippen LogP contribution in [-0.2, 0) is 4.79 Å². The van der Waals surface area contributed by atoms with Gasteiger partial charge in [0.15, 0.2) is 0 Å². The van der Waals surface area contributed by atoms with Crippen LogP contribution in [0.5, 0.6) is 5.75 Å². The lowest BCUT2D eigenvalue weighted by molar-refractivity contribution is -0.133. The molecule has 5 nitrogen and oxygen atoms in total. The second kappa shape index (κ2) is 6.41. The standard InChI is InChI=1S/C15H20N2O3/c1-11(15(20)17-9-5-2-6-10-17)16-14(19)12-7-3-4-8-13(12)18/h3-4,7-8,11,18H,2,5-6,9-10H2,1H3,(H,16,19). The zero-order valence-electron chi connectivity index (χ0n) is 11.6. The first-order chi connectivity index (χ1) is 9.59. The molecular weight excluding hydrogens is 256 g/mol. The first-order valence-electron chi connectivity index (χ1n) is 6.97. The number of rotatable bonds is 3. The summed E-state index contributed by atoms with van der Waals surface area (Å²) in [6, 6.07) is 5.72. The first kappa shape index (κ1) is 14.4. The van der Waals surface area contributed by atoms with E-state index in [1.54, 1.807) is 24.0 Å². The van der Waals surface area contributed by atoms with E-state index in [4.69, 9.17) is 0 Å². The number of hydrogen-bond donors (Lipinski definition) is 2. The van der Waals surface area contributed by atoms with Crippen LogP contribution < -0.4 is 5.32 Å². The molecule has 2 rings (SSSR count). The van der Waals surface area contributed by atoms with E-state index < -0.39 is 11.9 Å². The molecule has 1 heterocycles. The van der Waals surface area contributed by atoms with Crippen LogP contribution in [0.1, 0.15) is 36.5 Å². The van der Waals surface area contributed by atoms with Crippen LogP contribution in [0, 0.1) is 0 Å². The van der Waals surface area contributed by atoms with Gasteiger partial charge in [0.05, 0.1) is 5.56 Å². The quantitative estimate of drug-likeness (QED) is 0.879. The van der Waals surface area contributed by atoms with Gasteiger partial charge in [-0.15, -0.1) is 0 Å². The maximum Gasteiger partial charge on any atom is 0.255 e. The summed E-state index contributed by atoms with van der Waals surface area (Å²) < 4.78 is 0. The summed E-state index contributed by atoms with van der Waals surface area (Å²) in [6.45, 7) is 3.19. The third kappa shape index (κ3) is 3.29. The summed E-state index contributed by atoms with van der Waals surface area (Å²) in [6.07, 6.45) is 3.19. The number of amides is 2. The van der Waals surface area contributed by atoms with Crippen LogP contribution in [0.3, 0.4) is 0 Å². The van der Waals surface area contributed by atoms with Crippen LogP contribution in [0.15, 0.2) is 24.3 Å². The highest BCUT2D eigenvalue weighted by molar-refractivity contribution is 5.99. The van der Waals surface area contributed by atoms with Gasteiger partial charge in [0.2, 0.25) is 5.91 Å². The third-order valence-electron chi connectivity index (χ3n) is 3.53. The molecule has 1 unspecified atom stereocenters. The van der Waals surface area contributed by atoms with Gasteiger partial charge in [-0.05, 0) is 38.3 Å². The molecule has 1 aliphatic rings. The molecule has 20 heavy (non-hydrogen) atoms. The molecule has 0 bridgehead atoms. The molecule has 0 spiro atoms. The van der Waals surface area contributed by atoms with Crippen molar-refractivity contribution in [1.29, 1.82) is 0 Å². The van der Waals surface area contributed by atoms with E-state index in [1.165, 1.54) is 12.1 Å². The number of carbonyl (C=O) groups is 2. The Morgan fingerprint density at radius 1 is 1.20 bits per heavy atom. The van der Waals surface area contributed by atoms with E-state index in [0.29, 0.717) is 0 Å². The van der Waals surface area contributed by atoms with Crippen molar-refractivity contribution < 1.29 is 14.7 Å². The van der Waals surface area contributed by atoms with Crippen molar-refractivity contribution in [3.8, 4) is 5.75 Å². The van der Waals surface area contributed by atoms with Crippen LogP contribution in [0.25, 0.3) is 0 Å². The Kier molecular flexibility index (Phi) is 4.61. The van der Waals surface area contributed by atoms with Gasteiger partial charge in [0.25, 0.3) is 5.91 Å². The minimum absolute atomic E-state index is 0.0616. The highest BCUT2D eigenvalue weighted by Crippen LogP contribution is 2.16. The molecule has 2 amide bonds. The number of benzene rings is 1. The second-order valence-corrected chi connectivity index (χ2v) is 5.10. The van der Waals surface area contributed by atoms with Crippen LogP contribution >= 0.6 is 0 Å². The SMILES string of the molecule is CC(NC(=O)c1ccccc1O)C(=O)N1CCCCC1. The zero-order chi connectivity index (χ0) is 14.5. The molecule has 0 radical (unpaired) electrons. The zero-order valence-corrected chi connectivity index (χ0v) is 11.6. The summed E-state index contributed by atoms with van der Waals surface area (Å²) >= 11 is 0. The second-order valence-electron chi connectivity index (χ2n) is 5.10. The van der Waals surface area contributed by atoms with Crippen LogP contribution in [0.2, 0.25) is 0 Å². The van der Waals surface area contributed by atoms with Crippen molar-refractivity contribution in [3.63, 3.8) is 0 Å². The fourth-order valence-corrected chi connectivity index (χ4v) is 2.39. The summed E-state index contributed by atoms with van der Waals surface area (Å²) in [5.41, 5.74) is 0.186. The van der Waals surface area contributed by atoms with Crippen molar-refractivity contribution >= 4 is 11.8 Å². The summed E-state index contributed by atoms with van der Waals surface area (Å²) in [5, 5.41) is 12.3. The molecule has 1 aromatic carbocycles. The van der Waals surface area contributed by atoms with Gasteiger partial charge < -0.3 is 15.3 Å². The molecular formula is C15H20N2O3. The Morgan fingerprint density at radius 3 is 2.50 bits per heavy atom. The third-order valence-corrected chi connectivity index (χ3v) is 3.53. The predicted octanol–water partition coefficient (Wildman–Crippen LogP) is 1.52. The molecule has 108 valence electrons. The highest BCUT2D eigenvalue weighted by Gasteiger charge is 2.24. The Hall–Kier alpha value is -2.04. The van der Waals surface area contributed by atoms with Crippen LogP contribution in [-0.4, -0.2) is 41.0 Å². The van der Waals surface area contributed by atoms with Gasteiger partial charge in [-0.2, -0.15) is 0 Å². The van der Waals surface area contributed by atoms with E-state index >= 15 is 0 Å². The van der Waals surface area contributed by atoms with E-state index in [0.717, 1.165) is 32.4 Å². The number of aromatic hydroxyl groups is 1. The molecule has 1 saturated heterocycles. The number of phenolic OH excluding ortho intramolecular Hbond substituents is 1. The van der Waals surface area contributed by atoms with Crippen LogP contribution in [0.4, 0.5) is 0 Å². The maximum absolute atomic E-state index is 12.2. The van der Waals surface area contributed by atoms with Gasteiger partial charge in [-0.25, -0.2) is 0 Å². The van der Waals surface area contributed by atoms with Crippen molar-refractivity contribution in [1.82, 2.24) is 10.2 Å². The number of hydrogen-bond acceptors (Lipinski definition) is 3. The van der Waals surface area contributed by atoms with E-state index in [1.807, 2.05) is 0 Å². The minimum Gasteiger partial charge on any atom is -0.507 e. The monoisotopic (exact) mass is 276 g/mol. The Labute approximate surface area is 118 Å². The average molecular weight is 276 g/mol. The van der Waals surface area contributed by atoms with Crippen molar-refractivity contribution in [3.05, 3.63) is 29.8 Å². The predicted molar refractivity (Wildman–Crippen MR) is 75.5 cm³/mol.